The lowest BCUT2D eigenvalue weighted by Crippen LogP contribution is -1.99. The average molecular weight is 324 g/mol. The highest BCUT2D eigenvalue weighted by Gasteiger charge is 2.04. The van der Waals surface area contributed by atoms with Crippen molar-refractivity contribution in [1.29, 1.82) is 0 Å². The molecule has 2 N–H and O–H groups in total. The summed E-state index contributed by atoms with van der Waals surface area (Å²) in [5.74, 6) is 0.926. The number of para-hydroxylation sites is 1. The first-order valence-corrected chi connectivity index (χ1v) is 8.63. The Bertz CT molecular complexity index is 723. The number of ether oxygens (including phenoxy) is 1. The van der Waals surface area contributed by atoms with Gasteiger partial charge in [0.15, 0.2) is 0 Å². The van der Waals surface area contributed by atoms with Gasteiger partial charge in [0, 0.05) is 17.5 Å². The maximum absolute atomic E-state index is 5.71. The predicted octanol–water partition coefficient (Wildman–Crippen LogP) is 4.33. The van der Waals surface area contributed by atoms with Gasteiger partial charge < -0.3 is 10.5 Å². The molecule has 0 spiro atoms. The number of anilines is 1. The number of nitrogens with two attached hydrogens (primary N) is 1. The lowest BCUT2D eigenvalue weighted by Gasteiger charge is -2.04. The average Bonchev–Trinajstić information content (AvgIpc) is 3.02. The third kappa shape index (κ3) is 4.83. The first kappa shape index (κ1) is 15.6. The normalized spacial score (nSPS) is 10.6. The van der Waals surface area contributed by atoms with Crippen molar-refractivity contribution in [1.82, 2.24) is 4.98 Å². The number of nitrogens with zero attached hydrogens (tertiary/aromatic N) is 1. The summed E-state index contributed by atoms with van der Waals surface area (Å²) in [7, 11) is 0. The van der Waals surface area contributed by atoms with Gasteiger partial charge in [-0.3, -0.25) is 0 Å². The van der Waals surface area contributed by atoms with Crippen LogP contribution in [0, 0.1) is 0 Å². The van der Waals surface area contributed by atoms with Gasteiger partial charge >= 0.3 is 0 Å². The lowest BCUT2D eigenvalue weighted by molar-refractivity contribution is 0.310. The van der Waals surface area contributed by atoms with E-state index in [9.17, 15) is 0 Å². The van der Waals surface area contributed by atoms with E-state index in [1.54, 1.807) is 11.3 Å². The van der Waals surface area contributed by atoms with Crippen molar-refractivity contribution in [3.05, 3.63) is 76.2 Å². The van der Waals surface area contributed by atoms with E-state index in [2.05, 4.69) is 17.5 Å². The lowest BCUT2D eigenvalue weighted by atomic mass is 10.1. The predicted molar refractivity (Wildman–Crippen MR) is 96.0 cm³/mol. The van der Waals surface area contributed by atoms with E-state index in [0.717, 1.165) is 48.0 Å². The molecule has 1 aromatic heterocycles. The van der Waals surface area contributed by atoms with Gasteiger partial charge in [0.25, 0.3) is 0 Å². The number of rotatable bonds is 7. The summed E-state index contributed by atoms with van der Waals surface area (Å²) < 4.78 is 5.71. The Hall–Kier alpha value is -2.33. The Morgan fingerprint density at radius 2 is 1.78 bits per heavy atom. The Morgan fingerprint density at radius 3 is 2.57 bits per heavy atom. The molecule has 3 aromatic rings. The van der Waals surface area contributed by atoms with Crippen LogP contribution >= 0.6 is 11.3 Å². The molecule has 0 amide bonds. The van der Waals surface area contributed by atoms with E-state index in [1.807, 2.05) is 42.5 Å². The van der Waals surface area contributed by atoms with Gasteiger partial charge in [0.2, 0.25) is 0 Å². The topological polar surface area (TPSA) is 48.1 Å². The van der Waals surface area contributed by atoms with Gasteiger partial charge in [-0.15, -0.1) is 11.3 Å². The maximum Gasteiger partial charge on any atom is 0.119 e. The molecule has 3 nitrogen and oxygen atoms in total. The molecular formula is C19H20N2OS. The van der Waals surface area contributed by atoms with Gasteiger partial charge in [0.1, 0.15) is 5.75 Å². The van der Waals surface area contributed by atoms with Crippen molar-refractivity contribution in [2.75, 3.05) is 12.3 Å². The van der Waals surface area contributed by atoms with Crippen LogP contribution in [0.5, 0.6) is 5.75 Å². The number of aromatic nitrogens is 1. The molecule has 0 unspecified atom stereocenters. The van der Waals surface area contributed by atoms with E-state index >= 15 is 0 Å². The highest BCUT2D eigenvalue weighted by molar-refractivity contribution is 7.09. The molecule has 0 aliphatic carbocycles. The summed E-state index contributed by atoms with van der Waals surface area (Å²) in [5, 5.41) is 3.29. The van der Waals surface area contributed by atoms with Crippen molar-refractivity contribution in [2.24, 2.45) is 0 Å². The summed E-state index contributed by atoms with van der Waals surface area (Å²) in [5.41, 5.74) is 8.90. The Morgan fingerprint density at radius 1 is 1.00 bits per heavy atom. The molecule has 3 rings (SSSR count). The third-order valence-electron chi connectivity index (χ3n) is 3.52. The first-order chi connectivity index (χ1) is 11.3. The molecule has 0 atom stereocenters. The standard InChI is InChI=1S/C19H20N2OS/c20-16-10-8-15(9-11-16)13-19-21-17(14-23-19)5-4-12-22-18-6-2-1-3-7-18/h1-3,6-11,14H,4-5,12-13,20H2. The van der Waals surface area contributed by atoms with Crippen LogP contribution in [0.3, 0.4) is 0 Å². The van der Waals surface area contributed by atoms with Crippen LogP contribution in [0.2, 0.25) is 0 Å². The first-order valence-electron chi connectivity index (χ1n) is 7.75. The largest absolute Gasteiger partial charge is 0.494 e. The second kappa shape index (κ2) is 7.79. The highest BCUT2D eigenvalue weighted by atomic mass is 32.1. The zero-order valence-electron chi connectivity index (χ0n) is 12.9. The summed E-state index contributed by atoms with van der Waals surface area (Å²) in [6.45, 7) is 0.717. The number of hydrogen-bond acceptors (Lipinski definition) is 4. The minimum Gasteiger partial charge on any atom is -0.494 e. The van der Waals surface area contributed by atoms with Crippen LogP contribution in [0.25, 0.3) is 0 Å². The van der Waals surface area contributed by atoms with E-state index in [1.165, 1.54) is 5.56 Å². The summed E-state index contributed by atoms with van der Waals surface area (Å²) >= 11 is 1.72. The monoisotopic (exact) mass is 324 g/mol. The molecule has 0 fully saturated rings. The summed E-state index contributed by atoms with van der Waals surface area (Å²) in [6, 6.07) is 17.9. The fourth-order valence-corrected chi connectivity index (χ4v) is 3.18. The van der Waals surface area contributed by atoms with Crippen LogP contribution < -0.4 is 10.5 Å². The van der Waals surface area contributed by atoms with E-state index < -0.39 is 0 Å². The molecule has 23 heavy (non-hydrogen) atoms. The number of nitrogen functional groups attached to an aromatic ring is 1. The van der Waals surface area contributed by atoms with Gasteiger partial charge in [-0.05, 0) is 42.7 Å². The van der Waals surface area contributed by atoms with Crippen LogP contribution in [0.4, 0.5) is 5.69 Å². The number of hydrogen-bond donors (Lipinski definition) is 1. The minimum absolute atomic E-state index is 0.717. The van der Waals surface area contributed by atoms with Gasteiger partial charge in [-0.2, -0.15) is 0 Å². The highest BCUT2D eigenvalue weighted by Crippen LogP contribution is 2.17. The van der Waals surface area contributed by atoms with Crippen LogP contribution in [-0.4, -0.2) is 11.6 Å². The van der Waals surface area contributed by atoms with Gasteiger partial charge in [0.05, 0.1) is 17.3 Å². The zero-order chi connectivity index (χ0) is 15.9. The Balaban J connectivity index is 1.45. The summed E-state index contributed by atoms with van der Waals surface area (Å²) in [4.78, 5) is 4.70. The number of aryl methyl sites for hydroxylation is 1. The smallest absolute Gasteiger partial charge is 0.119 e. The van der Waals surface area contributed by atoms with Gasteiger partial charge in [-0.25, -0.2) is 4.98 Å². The second-order valence-corrected chi connectivity index (χ2v) is 6.36. The van der Waals surface area contributed by atoms with Crippen molar-refractivity contribution in [3.8, 4) is 5.75 Å². The Kier molecular flexibility index (Phi) is 5.27. The number of thiazole rings is 1. The van der Waals surface area contributed by atoms with Crippen LogP contribution in [0.15, 0.2) is 60.0 Å². The van der Waals surface area contributed by atoms with E-state index in [-0.39, 0.29) is 0 Å². The molecule has 0 saturated carbocycles. The fourth-order valence-electron chi connectivity index (χ4n) is 2.32. The van der Waals surface area contributed by atoms with Crippen LogP contribution in [0.1, 0.15) is 22.7 Å². The molecule has 0 bridgehead atoms. The van der Waals surface area contributed by atoms with Gasteiger partial charge in [-0.1, -0.05) is 30.3 Å². The van der Waals surface area contributed by atoms with Crippen molar-refractivity contribution >= 4 is 17.0 Å². The van der Waals surface area contributed by atoms with E-state index in [4.69, 9.17) is 15.5 Å². The van der Waals surface area contributed by atoms with Crippen molar-refractivity contribution < 1.29 is 4.74 Å². The van der Waals surface area contributed by atoms with Crippen molar-refractivity contribution in [3.63, 3.8) is 0 Å². The molecule has 0 aliphatic rings. The molecule has 118 valence electrons. The SMILES string of the molecule is Nc1ccc(Cc2nc(CCCOc3ccccc3)cs2)cc1. The third-order valence-corrected chi connectivity index (χ3v) is 4.42. The molecule has 0 aliphatic heterocycles. The van der Waals surface area contributed by atoms with Crippen LogP contribution in [-0.2, 0) is 12.8 Å². The van der Waals surface area contributed by atoms with E-state index in [0.29, 0.717) is 0 Å². The molecule has 4 heteroatoms. The number of benzene rings is 2. The van der Waals surface area contributed by atoms with Crippen molar-refractivity contribution in [2.45, 2.75) is 19.3 Å². The summed E-state index contributed by atoms with van der Waals surface area (Å²) in [6.07, 6.45) is 2.79. The molecule has 1 heterocycles. The molecule has 0 radical (unpaired) electrons. The second-order valence-electron chi connectivity index (χ2n) is 5.42. The quantitative estimate of drug-likeness (QED) is 0.520. The zero-order valence-corrected chi connectivity index (χ0v) is 13.8. The molecule has 0 saturated heterocycles. The molecular weight excluding hydrogens is 304 g/mol. The molecule has 2 aromatic carbocycles. The maximum atomic E-state index is 5.71. The fraction of sp³-hybridized carbons (Fsp3) is 0.211. The Labute approximate surface area is 140 Å². The minimum atomic E-state index is 0.717.